The number of hydrogen-bond acceptors (Lipinski definition) is 2. The molecule has 0 amide bonds. The molecule has 0 atom stereocenters. The maximum Gasteiger partial charge on any atom is 0.150 e. The van der Waals surface area contributed by atoms with Crippen LogP contribution in [0.2, 0.25) is 19.6 Å². The highest BCUT2D eigenvalue weighted by atomic mass is 28.3. The van der Waals surface area contributed by atoms with Crippen molar-refractivity contribution in [2.45, 2.75) is 19.6 Å². The summed E-state index contributed by atoms with van der Waals surface area (Å²) in [6.45, 7) is 11.2. The van der Waals surface area contributed by atoms with Crippen LogP contribution in [0.1, 0.15) is 5.56 Å². The summed E-state index contributed by atoms with van der Waals surface area (Å²) in [7, 11) is -1.34. The molecule has 0 aliphatic rings. The van der Waals surface area contributed by atoms with Gasteiger partial charge in [-0.1, -0.05) is 110 Å². The van der Waals surface area contributed by atoms with Gasteiger partial charge in [-0.3, -0.25) is 0 Å². The summed E-state index contributed by atoms with van der Waals surface area (Å²) in [5.74, 6) is 1.19. The molecule has 4 rings (SSSR count). The molecule has 160 valence electrons. The Balaban J connectivity index is 1.56. The fourth-order valence-corrected chi connectivity index (χ4v) is 4.84. The Labute approximate surface area is 192 Å². The van der Waals surface area contributed by atoms with Crippen molar-refractivity contribution in [3.05, 3.63) is 109 Å². The van der Waals surface area contributed by atoms with E-state index in [0.717, 1.165) is 16.7 Å². The Morgan fingerprint density at radius 2 is 1.28 bits per heavy atom. The topological polar surface area (TPSA) is 35.2 Å². The van der Waals surface area contributed by atoms with Gasteiger partial charge in [-0.05, 0) is 40.5 Å². The van der Waals surface area contributed by atoms with Gasteiger partial charge < -0.3 is 10.5 Å². The molecular formula is C29H29NOSi. The van der Waals surface area contributed by atoms with Crippen molar-refractivity contribution in [1.29, 1.82) is 0 Å². The zero-order valence-corrected chi connectivity index (χ0v) is 19.9. The Morgan fingerprint density at radius 3 is 1.91 bits per heavy atom. The van der Waals surface area contributed by atoms with E-state index in [4.69, 9.17) is 10.5 Å². The summed E-state index contributed by atoms with van der Waals surface area (Å²) in [6, 6.07) is 33.4. The Kier molecular flexibility index (Phi) is 6.02. The molecule has 0 aliphatic heterocycles. The van der Waals surface area contributed by atoms with E-state index < -0.39 is 8.07 Å². The van der Waals surface area contributed by atoms with Crippen LogP contribution in [0.15, 0.2) is 104 Å². The number of ether oxygens (including phenoxy) is 1. The van der Waals surface area contributed by atoms with Crippen LogP contribution in [0.5, 0.6) is 5.75 Å². The maximum absolute atomic E-state index is 6.00. The van der Waals surface area contributed by atoms with Gasteiger partial charge in [-0.2, -0.15) is 0 Å². The molecule has 0 aromatic heterocycles. The maximum atomic E-state index is 6.00. The zero-order chi connectivity index (χ0) is 22.7. The molecule has 32 heavy (non-hydrogen) atoms. The van der Waals surface area contributed by atoms with Crippen LogP contribution in [0, 0.1) is 0 Å². The number of benzene rings is 4. The molecule has 0 radical (unpaired) electrons. The molecule has 0 fully saturated rings. The molecule has 0 unspecified atom stereocenters. The van der Waals surface area contributed by atoms with E-state index in [1.807, 2.05) is 36.4 Å². The van der Waals surface area contributed by atoms with Gasteiger partial charge in [0.05, 0.1) is 13.8 Å². The van der Waals surface area contributed by atoms with E-state index in [2.05, 4.69) is 86.9 Å². The lowest BCUT2D eigenvalue weighted by Crippen LogP contribution is -2.37. The highest BCUT2D eigenvalue weighted by Crippen LogP contribution is 2.29. The first-order valence-electron chi connectivity index (χ1n) is 10.8. The number of hydrogen-bond donors (Lipinski definition) is 1. The van der Waals surface area contributed by atoms with Gasteiger partial charge in [0.15, 0.2) is 0 Å². The van der Waals surface area contributed by atoms with Gasteiger partial charge >= 0.3 is 0 Å². The van der Waals surface area contributed by atoms with Gasteiger partial charge in [0.25, 0.3) is 0 Å². The first-order valence-corrected chi connectivity index (χ1v) is 14.3. The van der Waals surface area contributed by atoms with E-state index >= 15 is 0 Å². The van der Waals surface area contributed by atoms with Crippen molar-refractivity contribution >= 4 is 24.7 Å². The minimum absolute atomic E-state index is 0.574. The third-order valence-corrected chi connectivity index (χ3v) is 7.66. The molecule has 0 saturated carbocycles. The van der Waals surface area contributed by atoms with Crippen molar-refractivity contribution in [2.75, 3.05) is 5.73 Å². The van der Waals surface area contributed by atoms with Crippen molar-refractivity contribution in [3.8, 4) is 28.0 Å². The summed E-state index contributed by atoms with van der Waals surface area (Å²) in [4.78, 5) is 0. The minimum Gasteiger partial charge on any atom is -0.455 e. The molecule has 0 bridgehead atoms. The Hall–Kier alpha value is -3.56. The lowest BCUT2D eigenvalue weighted by Gasteiger charge is -2.17. The van der Waals surface area contributed by atoms with Gasteiger partial charge in [0.1, 0.15) is 11.5 Å². The van der Waals surface area contributed by atoms with Gasteiger partial charge in [-0.25, -0.2) is 0 Å². The average molecular weight is 436 g/mol. The van der Waals surface area contributed by atoms with Crippen molar-refractivity contribution in [2.24, 2.45) is 0 Å². The molecule has 0 aliphatic carbocycles. The molecule has 2 nitrogen and oxygen atoms in total. The normalized spacial score (nSPS) is 11.2. The summed E-state index contributed by atoms with van der Waals surface area (Å²) < 4.78 is 5.92. The first-order chi connectivity index (χ1) is 15.3. The van der Waals surface area contributed by atoms with Gasteiger partial charge in [-0.15, -0.1) is 0 Å². The standard InChI is InChI=1S/C29H29NOSi/c1-21(31-29-14-6-5-13-28(29)30)24-9-7-10-25(19-24)22-15-17-23(18-16-22)26-11-8-12-27(20-26)32(2,3)4/h5-20H,1,30H2,2-4H3. The van der Waals surface area contributed by atoms with Crippen LogP contribution in [-0.2, 0) is 0 Å². The summed E-state index contributed by atoms with van der Waals surface area (Å²) in [5, 5.41) is 1.48. The van der Waals surface area contributed by atoms with Crippen LogP contribution in [-0.4, -0.2) is 8.07 Å². The molecular weight excluding hydrogens is 406 g/mol. The van der Waals surface area contributed by atoms with E-state index in [0.29, 0.717) is 17.2 Å². The van der Waals surface area contributed by atoms with E-state index in [1.165, 1.54) is 16.3 Å². The predicted octanol–water partition coefficient (Wildman–Crippen LogP) is 7.20. The number of para-hydroxylation sites is 2. The molecule has 4 aromatic rings. The van der Waals surface area contributed by atoms with Crippen LogP contribution in [0.3, 0.4) is 0 Å². The van der Waals surface area contributed by atoms with Crippen LogP contribution < -0.4 is 15.7 Å². The second-order valence-corrected chi connectivity index (χ2v) is 14.1. The lowest BCUT2D eigenvalue weighted by molar-refractivity contribution is 0.519. The number of rotatable bonds is 6. The van der Waals surface area contributed by atoms with Crippen molar-refractivity contribution in [3.63, 3.8) is 0 Å². The first kappa shape index (κ1) is 21.7. The lowest BCUT2D eigenvalue weighted by atomic mass is 9.99. The Bertz CT molecular complexity index is 1250. The summed E-state index contributed by atoms with van der Waals surface area (Å²) in [6.07, 6.45) is 0. The Morgan fingerprint density at radius 1 is 0.688 bits per heavy atom. The highest BCUT2D eigenvalue weighted by molar-refractivity contribution is 6.88. The second kappa shape index (κ2) is 8.89. The molecule has 2 N–H and O–H groups in total. The van der Waals surface area contributed by atoms with Crippen molar-refractivity contribution < 1.29 is 4.74 Å². The third-order valence-electron chi connectivity index (χ3n) is 5.62. The molecule has 0 spiro atoms. The van der Waals surface area contributed by atoms with E-state index in [1.54, 1.807) is 0 Å². The molecule has 0 saturated heterocycles. The van der Waals surface area contributed by atoms with Crippen LogP contribution in [0.25, 0.3) is 28.0 Å². The SMILES string of the molecule is C=C(Oc1ccccc1N)c1cccc(-c2ccc(-c3cccc([Si](C)(C)C)c3)cc2)c1. The molecule has 4 aromatic carbocycles. The summed E-state index contributed by atoms with van der Waals surface area (Å²) in [5.41, 5.74) is 12.3. The van der Waals surface area contributed by atoms with Gasteiger partial charge in [0, 0.05) is 5.56 Å². The smallest absolute Gasteiger partial charge is 0.150 e. The average Bonchev–Trinajstić information content (AvgIpc) is 2.80. The number of anilines is 1. The predicted molar refractivity (Wildman–Crippen MR) is 141 cm³/mol. The third kappa shape index (κ3) is 4.84. The fourth-order valence-electron chi connectivity index (χ4n) is 3.66. The summed E-state index contributed by atoms with van der Waals surface area (Å²) >= 11 is 0. The molecule has 0 heterocycles. The monoisotopic (exact) mass is 435 g/mol. The number of nitrogen functional groups attached to an aromatic ring is 1. The number of nitrogens with two attached hydrogens (primary N) is 1. The minimum atomic E-state index is -1.34. The zero-order valence-electron chi connectivity index (χ0n) is 18.9. The van der Waals surface area contributed by atoms with Crippen LogP contribution >= 0.6 is 0 Å². The van der Waals surface area contributed by atoms with E-state index in [-0.39, 0.29) is 0 Å². The fraction of sp³-hybridized carbons (Fsp3) is 0.103. The van der Waals surface area contributed by atoms with Crippen LogP contribution in [0.4, 0.5) is 5.69 Å². The van der Waals surface area contributed by atoms with Crippen molar-refractivity contribution in [1.82, 2.24) is 0 Å². The highest BCUT2D eigenvalue weighted by Gasteiger charge is 2.16. The molecule has 3 heteroatoms. The van der Waals surface area contributed by atoms with E-state index in [9.17, 15) is 0 Å². The largest absolute Gasteiger partial charge is 0.455 e. The quantitative estimate of drug-likeness (QED) is 0.197. The van der Waals surface area contributed by atoms with Gasteiger partial charge in [0.2, 0.25) is 0 Å². The second-order valence-electron chi connectivity index (χ2n) is 9.05.